The maximum Gasteiger partial charge on any atom is 0.123 e. The SMILES string of the molecule is [N]=Nc1ccc(O)c2ccccc12. The van der Waals surface area contributed by atoms with Crippen LogP contribution in [0.4, 0.5) is 5.69 Å². The summed E-state index contributed by atoms with van der Waals surface area (Å²) in [5.74, 6) is 0.197. The molecule has 0 aliphatic heterocycles. The summed E-state index contributed by atoms with van der Waals surface area (Å²) in [4.78, 5) is 0. The zero-order valence-corrected chi connectivity index (χ0v) is 6.81. The van der Waals surface area contributed by atoms with E-state index in [9.17, 15) is 5.11 Å². The summed E-state index contributed by atoms with van der Waals surface area (Å²) in [6.45, 7) is 0. The molecule has 0 aliphatic carbocycles. The molecular formula is C10H7N2O. The summed E-state index contributed by atoms with van der Waals surface area (Å²) < 4.78 is 0. The molecule has 0 heterocycles. The number of benzene rings is 2. The lowest BCUT2D eigenvalue weighted by molar-refractivity contribution is 0.481. The number of phenols is 1. The van der Waals surface area contributed by atoms with E-state index in [0.717, 1.165) is 5.39 Å². The molecule has 0 spiro atoms. The normalized spacial score (nSPS) is 10.2. The Morgan fingerprint density at radius 3 is 2.38 bits per heavy atom. The third-order valence-corrected chi connectivity index (χ3v) is 1.99. The van der Waals surface area contributed by atoms with Crippen LogP contribution in [0.5, 0.6) is 5.75 Å². The van der Waals surface area contributed by atoms with Crippen molar-refractivity contribution in [2.45, 2.75) is 0 Å². The van der Waals surface area contributed by atoms with Gasteiger partial charge in [0.15, 0.2) is 0 Å². The smallest absolute Gasteiger partial charge is 0.123 e. The maximum absolute atomic E-state index is 9.47. The molecule has 0 saturated carbocycles. The second kappa shape index (κ2) is 2.86. The number of nitrogens with zero attached hydrogens (tertiary/aromatic N) is 2. The third kappa shape index (κ3) is 1.14. The first kappa shape index (κ1) is 7.73. The molecule has 0 fully saturated rings. The van der Waals surface area contributed by atoms with Crippen LogP contribution in [0.15, 0.2) is 41.5 Å². The maximum atomic E-state index is 9.47. The number of phenolic OH excluding ortho intramolecular Hbond substituents is 1. The zero-order valence-electron chi connectivity index (χ0n) is 6.81. The average molecular weight is 171 g/mol. The Hall–Kier alpha value is -1.90. The van der Waals surface area contributed by atoms with Crippen LogP contribution in [0, 0.1) is 0 Å². The van der Waals surface area contributed by atoms with Crippen LogP contribution in [0.25, 0.3) is 10.8 Å². The molecule has 63 valence electrons. The van der Waals surface area contributed by atoms with Crippen molar-refractivity contribution in [1.29, 1.82) is 0 Å². The van der Waals surface area contributed by atoms with Gasteiger partial charge in [0.1, 0.15) is 5.75 Å². The Kier molecular flexibility index (Phi) is 1.70. The minimum Gasteiger partial charge on any atom is -0.507 e. The summed E-state index contributed by atoms with van der Waals surface area (Å²) in [6.07, 6.45) is 0. The fourth-order valence-corrected chi connectivity index (χ4v) is 1.35. The van der Waals surface area contributed by atoms with Gasteiger partial charge in [0, 0.05) is 10.8 Å². The monoisotopic (exact) mass is 171 g/mol. The molecular weight excluding hydrogens is 164 g/mol. The van der Waals surface area contributed by atoms with Crippen LogP contribution < -0.4 is 5.53 Å². The lowest BCUT2D eigenvalue weighted by Gasteiger charge is -2.01. The second-order valence-corrected chi connectivity index (χ2v) is 2.75. The van der Waals surface area contributed by atoms with Crippen molar-refractivity contribution >= 4 is 16.5 Å². The number of hydrogen-bond donors (Lipinski definition) is 1. The highest BCUT2D eigenvalue weighted by molar-refractivity contribution is 5.96. The fraction of sp³-hybridized carbons (Fsp3) is 0. The van der Waals surface area contributed by atoms with Crippen LogP contribution in [0.2, 0.25) is 0 Å². The van der Waals surface area contributed by atoms with Gasteiger partial charge in [-0.25, -0.2) is 0 Å². The lowest BCUT2D eigenvalue weighted by Crippen LogP contribution is -1.74. The Balaban J connectivity index is 2.92. The number of rotatable bonds is 1. The molecule has 3 heteroatoms. The molecule has 1 N–H and O–H groups in total. The van der Waals surface area contributed by atoms with Crippen molar-refractivity contribution in [2.24, 2.45) is 5.11 Å². The lowest BCUT2D eigenvalue weighted by atomic mass is 10.1. The van der Waals surface area contributed by atoms with Crippen molar-refractivity contribution in [2.75, 3.05) is 0 Å². The summed E-state index contributed by atoms with van der Waals surface area (Å²) in [6, 6.07) is 10.3. The molecule has 0 aromatic heterocycles. The first-order valence-electron chi connectivity index (χ1n) is 3.89. The first-order chi connectivity index (χ1) is 6.33. The Morgan fingerprint density at radius 2 is 1.69 bits per heavy atom. The first-order valence-corrected chi connectivity index (χ1v) is 3.89. The van der Waals surface area contributed by atoms with E-state index in [2.05, 4.69) is 5.11 Å². The van der Waals surface area contributed by atoms with Gasteiger partial charge in [0.05, 0.1) is 5.69 Å². The predicted molar refractivity (Wildman–Crippen MR) is 49.8 cm³/mol. The van der Waals surface area contributed by atoms with Gasteiger partial charge >= 0.3 is 0 Å². The van der Waals surface area contributed by atoms with Crippen LogP contribution in [-0.2, 0) is 0 Å². The number of aromatic hydroxyl groups is 1. The molecule has 2 aromatic carbocycles. The highest BCUT2D eigenvalue weighted by Crippen LogP contribution is 2.31. The van der Waals surface area contributed by atoms with E-state index >= 15 is 0 Å². The summed E-state index contributed by atoms with van der Waals surface area (Å²) in [5, 5.41) is 14.0. The standard InChI is InChI=1S/C10H7N2O/c11-12-9-5-6-10(13)8-4-2-1-3-7(8)9/h1-6,13H. The average Bonchev–Trinajstić information content (AvgIpc) is 2.19. The summed E-state index contributed by atoms with van der Waals surface area (Å²) in [7, 11) is 0. The van der Waals surface area contributed by atoms with Crippen LogP contribution in [0.1, 0.15) is 0 Å². The van der Waals surface area contributed by atoms with Gasteiger partial charge in [-0.2, -0.15) is 0 Å². The van der Waals surface area contributed by atoms with Gasteiger partial charge in [-0.1, -0.05) is 24.3 Å². The molecule has 0 amide bonds. The molecule has 0 atom stereocenters. The van der Waals surface area contributed by atoms with Gasteiger partial charge in [-0.05, 0) is 17.7 Å². The molecule has 2 aromatic rings. The molecule has 0 bridgehead atoms. The fourth-order valence-electron chi connectivity index (χ4n) is 1.35. The molecule has 0 unspecified atom stereocenters. The Morgan fingerprint density at radius 1 is 1.00 bits per heavy atom. The highest BCUT2D eigenvalue weighted by Gasteiger charge is 2.02. The third-order valence-electron chi connectivity index (χ3n) is 1.99. The van der Waals surface area contributed by atoms with E-state index in [1.54, 1.807) is 18.2 Å². The van der Waals surface area contributed by atoms with Crippen molar-refractivity contribution in [1.82, 2.24) is 5.53 Å². The van der Waals surface area contributed by atoms with E-state index in [4.69, 9.17) is 5.53 Å². The van der Waals surface area contributed by atoms with Crippen LogP contribution in [0.3, 0.4) is 0 Å². The van der Waals surface area contributed by atoms with E-state index in [1.165, 1.54) is 6.07 Å². The van der Waals surface area contributed by atoms with Crippen molar-refractivity contribution in [3.8, 4) is 5.75 Å². The molecule has 2 rings (SSSR count). The second-order valence-electron chi connectivity index (χ2n) is 2.75. The largest absolute Gasteiger partial charge is 0.507 e. The molecule has 0 aliphatic rings. The van der Waals surface area contributed by atoms with Gasteiger partial charge in [-0.15, -0.1) is 5.11 Å². The van der Waals surface area contributed by atoms with Gasteiger partial charge in [-0.3, -0.25) is 0 Å². The number of hydrogen-bond acceptors (Lipinski definition) is 2. The van der Waals surface area contributed by atoms with Crippen LogP contribution >= 0.6 is 0 Å². The minimum absolute atomic E-state index is 0.197. The van der Waals surface area contributed by atoms with Gasteiger partial charge in [0.25, 0.3) is 0 Å². The van der Waals surface area contributed by atoms with Gasteiger partial charge in [0.2, 0.25) is 0 Å². The quantitative estimate of drug-likeness (QED) is 0.658. The topological polar surface area (TPSA) is 54.9 Å². The zero-order chi connectivity index (χ0) is 9.26. The van der Waals surface area contributed by atoms with E-state index in [0.29, 0.717) is 11.1 Å². The Bertz CT molecular complexity index is 465. The van der Waals surface area contributed by atoms with Crippen molar-refractivity contribution in [3.63, 3.8) is 0 Å². The van der Waals surface area contributed by atoms with Gasteiger partial charge < -0.3 is 5.11 Å². The molecule has 0 saturated heterocycles. The van der Waals surface area contributed by atoms with Crippen molar-refractivity contribution in [3.05, 3.63) is 36.4 Å². The molecule has 1 radical (unpaired) electrons. The summed E-state index contributed by atoms with van der Waals surface area (Å²) >= 11 is 0. The number of fused-ring (bicyclic) bond motifs is 1. The predicted octanol–water partition coefficient (Wildman–Crippen LogP) is 2.43. The highest BCUT2D eigenvalue weighted by atomic mass is 16.3. The van der Waals surface area contributed by atoms with Crippen LogP contribution in [-0.4, -0.2) is 5.11 Å². The van der Waals surface area contributed by atoms with E-state index in [1.807, 2.05) is 12.1 Å². The van der Waals surface area contributed by atoms with E-state index in [-0.39, 0.29) is 5.75 Å². The molecule has 13 heavy (non-hydrogen) atoms. The van der Waals surface area contributed by atoms with E-state index < -0.39 is 0 Å². The minimum atomic E-state index is 0.197. The molecule has 3 nitrogen and oxygen atoms in total. The Labute approximate surface area is 75.1 Å². The summed E-state index contributed by atoms with van der Waals surface area (Å²) in [5.41, 5.74) is 9.14. The van der Waals surface area contributed by atoms with Crippen molar-refractivity contribution < 1.29 is 5.11 Å².